The van der Waals surface area contributed by atoms with Crippen LogP contribution < -0.4 is 4.74 Å². The van der Waals surface area contributed by atoms with E-state index in [0.717, 1.165) is 29.3 Å². The number of benzene rings is 2. The molecule has 0 N–H and O–H groups in total. The molecule has 0 amide bonds. The van der Waals surface area contributed by atoms with Gasteiger partial charge in [0.2, 0.25) is 0 Å². The Bertz CT molecular complexity index is 671. The number of hydrogen-bond acceptors (Lipinski definition) is 3. The number of hydrogen-bond donors (Lipinski definition) is 0. The first kappa shape index (κ1) is 16.3. The van der Waals surface area contributed by atoms with Crippen LogP contribution in [0.2, 0.25) is 0 Å². The summed E-state index contributed by atoms with van der Waals surface area (Å²) in [5.41, 5.74) is -0.0493. The van der Waals surface area contributed by atoms with E-state index in [4.69, 9.17) is 21.1 Å². The van der Waals surface area contributed by atoms with E-state index >= 15 is 0 Å². The fourth-order valence-electron chi connectivity index (χ4n) is 3.08. The van der Waals surface area contributed by atoms with Crippen molar-refractivity contribution in [3.8, 4) is 11.5 Å². The lowest BCUT2D eigenvalue weighted by Crippen LogP contribution is -2.35. The van der Waals surface area contributed by atoms with Crippen LogP contribution in [-0.2, 0) is 10.3 Å². The summed E-state index contributed by atoms with van der Waals surface area (Å²) in [7, 11) is 0. The molecule has 3 rings (SSSR count). The van der Waals surface area contributed by atoms with Crippen LogP contribution in [0.25, 0.3) is 0 Å². The van der Waals surface area contributed by atoms with E-state index in [0.29, 0.717) is 17.9 Å². The molecule has 0 aliphatic carbocycles. The average Bonchev–Trinajstić information content (AvgIpc) is 2.55. The van der Waals surface area contributed by atoms with Crippen LogP contribution in [-0.4, -0.2) is 10.8 Å². The molecule has 3 nitrogen and oxygen atoms in total. The van der Waals surface area contributed by atoms with Crippen molar-refractivity contribution in [2.75, 3.05) is 5.33 Å². The Labute approximate surface area is 148 Å². The third-order valence-electron chi connectivity index (χ3n) is 4.03. The van der Waals surface area contributed by atoms with Gasteiger partial charge in [-0.2, -0.15) is 0 Å². The number of fused-ring (bicyclic) bond motifs is 2. The fourth-order valence-corrected chi connectivity index (χ4v) is 3.61. The van der Waals surface area contributed by atoms with Gasteiger partial charge in [0.1, 0.15) is 11.5 Å². The molecule has 0 saturated heterocycles. The molecule has 0 unspecified atom stereocenters. The van der Waals surface area contributed by atoms with E-state index in [1.807, 2.05) is 48.5 Å². The minimum atomic E-state index is -0.910. The van der Waals surface area contributed by atoms with Gasteiger partial charge in [-0.15, -0.1) is 0 Å². The van der Waals surface area contributed by atoms with Crippen LogP contribution in [0.4, 0.5) is 4.79 Å². The monoisotopic (exact) mass is 394 g/mol. The third-order valence-corrected chi connectivity index (χ3v) is 4.67. The zero-order chi connectivity index (χ0) is 16.3. The zero-order valence-electron chi connectivity index (χ0n) is 12.4. The Morgan fingerprint density at radius 3 is 2.13 bits per heavy atom. The number of unbranched alkanes of at least 4 members (excludes halogenated alkanes) is 1. The van der Waals surface area contributed by atoms with Crippen LogP contribution >= 0.6 is 27.5 Å². The summed E-state index contributed by atoms with van der Waals surface area (Å²) < 4.78 is 11.7. The van der Waals surface area contributed by atoms with Crippen molar-refractivity contribution >= 4 is 33.0 Å². The van der Waals surface area contributed by atoms with Crippen LogP contribution in [0.15, 0.2) is 48.5 Å². The molecular formula is C18H16BrClO3. The van der Waals surface area contributed by atoms with E-state index in [9.17, 15) is 4.79 Å². The van der Waals surface area contributed by atoms with Gasteiger partial charge in [0.25, 0.3) is 0 Å². The number of rotatable bonds is 5. The van der Waals surface area contributed by atoms with E-state index < -0.39 is 11.0 Å². The van der Waals surface area contributed by atoms with E-state index in [2.05, 4.69) is 15.9 Å². The molecule has 0 atom stereocenters. The number of para-hydroxylation sites is 2. The van der Waals surface area contributed by atoms with Crippen molar-refractivity contribution in [2.24, 2.45) is 0 Å². The predicted octanol–water partition coefficient (Wildman–Crippen LogP) is 5.98. The predicted molar refractivity (Wildman–Crippen MR) is 93.7 cm³/mol. The van der Waals surface area contributed by atoms with Gasteiger partial charge in [-0.25, -0.2) is 4.79 Å². The van der Waals surface area contributed by atoms with Gasteiger partial charge in [0.15, 0.2) is 5.60 Å². The molecule has 5 heteroatoms. The second-order valence-electron chi connectivity index (χ2n) is 5.41. The highest BCUT2D eigenvalue weighted by atomic mass is 79.9. The molecule has 1 aliphatic heterocycles. The molecule has 1 heterocycles. The Hall–Kier alpha value is -1.52. The molecule has 2 aromatic carbocycles. The molecule has 0 saturated carbocycles. The minimum Gasteiger partial charge on any atom is -0.456 e. The molecule has 0 aromatic heterocycles. The lowest BCUT2D eigenvalue weighted by atomic mass is 9.79. The quantitative estimate of drug-likeness (QED) is 0.355. The molecule has 23 heavy (non-hydrogen) atoms. The molecule has 0 fully saturated rings. The van der Waals surface area contributed by atoms with Crippen molar-refractivity contribution in [3.63, 3.8) is 0 Å². The van der Waals surface area contributed by atoms with Crippen LogP contribution in [0, 0.1) is 0 Å². The van der Waals surface area contributed by atoms with Crippen molar-refractivity contribution in [1.82, 2.24) is 0 Å². The largest absolute Gasteiger partial charge is 0.456 e. The number of carbonyl (C=O) groups excluding carboxylic acids is 1. The molecule has 120 valence electrons. The molecule has 1 aliphatic rings. The summed E-state index contributed by atoms with van der Waals surface area (Å²) in [4.78, 5) is 11.7. The smallest absolute Gasteiger partial charge is 0.405 e. The lowest BCUT2D eigenvalue weighted by molar-refractivity contribution is 0.0404. The first-order valence-corrected chi connectivity index (χ1v) is 8.98. The van der Waals surface area contributed by atoms with E-state index in [1.54, 1.807) is 0 Å². The number of ether oxygens (including phenoxy) is 2. The summed E-state index contributed by atoms with van der Waals surface area (Å²) in [6.07, 6.45) is 2.51. The minimum absolute atomic E-state index is 0.647. The highest BCUT2D eigenvalue weighted by molar-refractivity contribution is 9.09. The number of carbonyl (C=O) groups is 1. The number of halogens is 2. The second-order valence-corrected chi connectivity index (χ2v) is 6.51. The Kier molecular flexibility index (Phi) is 4.93. The maximum atomic E-state index is 11.7. The fraction of sp³-hybridized carbons (Fsp3) is 0.278. The van der Waals surface area contributed by atoms with Gasteiger partial charge < -0.3 is 9.47 Å². The summed E-state index contributed by atoms with van der Waals surface area (Å²) in [6, 6.07) is 15.3. The average molecular weight is 396 g/mol. The van der Waals surface area contributed by atoms with Gasteiger partial charge in [0, 0.05) is 28.1 Å². The summed E-state index contributed by atoms with van der Waals surface area (Å²) in [6.45, 7) is 0. The normalized spacial score (nSPS) is 14.3. The SMILES string of the molecule is O=C(Cl)OC1(CCCCBr)c2ccccc2Oc2ccccc21. The van der Waals surface area contributed by atoms with Gasteiger partial charge in [0.05, 0.1) is 0 Å². The Morgan fingerprint density at radius 2 is 1.61 bits per heavy atom. The summed E-state index contributed by atoms with van der Waals surface area (Å²) in [5, 5.41) is 0.900. The van der Waals surface area contributed by atoms with Crippen molar-refractivity contribution in [1.29, 1.82) is 0 Å². The van der Waals surface area contributed by atoms with Crippen molar-refractivity contribution in [3.05, 3.63) is 59.7 Å². The van der Waals surface area contributed by atoms with Crippen LogP contribution in [0.1, 0.15) is 30.4 Å². The topological polar surface area (TPSA) is 35.5 Å². The summed E-state index contributed by atoms with van der Waals surface area (Å²) >= 11 is 9.08. The highest BCUT2D eigenvalue weighted by Gasteiger charge is 2.44. The first-order valence-electron chi connectivity index (χ1n) is 7.49. The molecule has 0 bridgehead atoms. The van der Waals surface area contributed by atoms with Gasteiger partial charge >= 0.3 is 5.43 Å². The van der Waals surface area contributed by atoms with Crippen molar-refractivity contribution in [2.45, 2.75) is 24.9 Å². The maximum Gasteiger partial charge on any atom is 0.405 e. The van der Waals surface area contributed by atoms with Gasteiger partial charge in [-0.05, 0) is 31.4 Å². The zero-order valence-corrected chi connectivity index (χ0v) is 14.8. The molecule has 0 radical (unpaired) electrons. The maximum absolute atomic E-state index is 11.7. The molecule has 0 spiro atoms. The summed E-state index contributed by atoms with van der Waals surface area (Å²) in [5.74, 6) is 1.39. The molecular weight excluding hydrogens is 380 g/mol. The molecule has 2 aromatic rings. The van der Waals surface area contributed by atoms with Crippen LogP contribution in [0.5, 0.6) is 11.5 Å². The highest BCUT2D eigenvalue weighted by Crippen LogP contribution is 2.51. The van der Waals surface area contributed by atoms with E-state index in [-0.39, 0.29) is 0 Å². The van der Waals surface area contributed by atoms with Gasteiger partial charge in [-0.3, -0.25) is 0 Å². The standard InChI is InChI=1S/C18H16BrClO3/c19-12-6-5-11-18(23-17(20)21)13-7-1-3-9-15(13)22-16-10-4-2-8-14(16)18/h1-4,7-10H,5-6,11-12H2. The van der Waals surface area contributed by atoms with E-state index in [1.165, 1.54) is 0 Å². The Balaban J connectivity index is 2.16. The van der Waals surface area contributed by atoms with Crippen LogP contribution in [0.3, 0.4) is 0 Å². The third kappa shape index (κ3) is 3.10. The van der Waals surface area contributed by atoms with Gasteiger partial charge in [-0.1, -0.05) is 52.3 Å². The lowest BCUT2D eigenvalue weighted by Gasteiger charge is -2.39. The Morgan fingerprint density at radius 1 is 1.04 bits per heavy atom. The van der Waals surface area contributed by atoms with Crippen molar-refractivity contribution < 1.29 is 14.3 Å². The second kappa shape index (κ2) is 6.93. The first-order chi connectivity index (χ1) is 11.2. The number of alkyl halides is 1.